The molecule has 0 saturated heterocycles. The monoisotopic (exact) mass is 295 g/mol. The molecule has 0 bridgehead atoms. The highest BCUT2D eigenvalue weighted by atomic mass is 79.9. The fourth-order valence-electron chi connectivity index (χ4n) is 1.39. The van der Waals surface area contributed by atoms with Crippen LogP contribution in [0.2, 0.25) is 0 Å². The number of aryl methyl sites for hydroxylation is 1. The van der Waals surface area contributed by atoms with Gasteiger partial charge in [-0.15, -0.1) is 0 Å². The molecule has 0 atom stereocenters. The third kappa shape index (κ3) is 2.14. The lowest BCUT2D eigenvalue weighted by Gasteiger charge is -2.07. The van der Waals surface area contributed by atoms with Crippen LogP contribution in [0.15, 0.2) is 34.2 Å². The highest BCUT2D eigenvalue weighted by Gasteiger charge is 2.10. The van der Waals surface area contributed by atoms with Gasteiger partial charge in [0, 0.05) is 16.9 Å². The number of amidine groups is 1. The van der Waals surface area contributed by atoms with Crippen molar-refractivity contribution in [1.29, 1.82) is 0 Å². The number of imidazole rings is 1. The first-order valence-electron chi connectivity index (χ1n) is 4.78. The molecule has 0 aliphatic carbocycles. The van der Waals surface area contributed by atoms with Gasteiger partial charge in [-0.3, -0.25) is 4.57 Å². The quantitative estimate of drug-likeness (QED) is 0.380. The maximum absolute atomic E-state index is 8.66. The molecule has 0 radical (unpaired) electrons. The fourth-order valence-corrected chi connectivity index (χ4v) is 1.61. The average Bonchev–Trinajstić information content (AvgIpc) is 2.80. The third-order valence-corrected chi connectivity index (χ3v) is 3.07. The number of rotatable bonds is 2. The molecule has 0 unspecified atom stereocenters. The summed E-state index contributed by atoms with van der Waals surface area (Å²) in [6, 6.07) is 3.70. The Balaban J connectivity index is 2.54. The van der Waals surface area contributed by atoms with Crippen molar-refractivity contribution < 1.29 is 5.21 Å². The molecule has 2 rings (SSSR count). The van der Waals surface area contributed by atoms with E-state index in [1.165, 1.54) is 0 Å². The molecular formula is C10H10BrN5O. The van der Waals surface area contributed by atoms with E-state index in [4.69, 9.17) is 10.9 Å². The number of nitrogens with zero attached hydrogens (tertiary/aromatic N) is 4. The summed E-state index contributed by atoms with van der Waals surface area (Å²) in [7, 11) is 0. The van der Waals surface area contributed by atoms with Crippen LogP contribution in [-0.4, -0.2) is 25.6 Å². The number of halogens is 1. The number of hydrogen-bond donors (Lipinski definition) is 2. The second kappa shape index (κ2) is 4.54. The molecular weight excluding hydrogens is 286 g/mol. The summed E-state index contributed by atoms with van der Waals surface area (Å²) in [6.45, 7) is 1.88. The smallest absolute Gasteiger partial charge is 0.206 e. The Labute approximate surface area is 106 Å². The highest BCUT2D eigenvalue weighted by Crippen LogP contribution is 2.16. The SMILES string of the molecule is Cc1nc(-n2ccnc2/C(N)=N/O)ccc1Br. The maximum Gasteiger partial charge on any atom is 0.206 e. The van der Waals surface area contributed by atoms with Crippen molar-refractivity contribution >= 4 is 21.8 Å². The fraction of sp³-hybridized carbons (Fsp3) is 0.100. The van der Waals surface area contributed by atoms with Crippen molar-refractivity contribution in [1.82, 2.24) is 14.5 Å². The lowest BCUT2D eigenvalue weighted by atomic mass is 10.3. The number of oxime groups is 1. The van der Waals surface area contributed by atoms with E-state index in [1.54, 1.807) is 17.0 Å². The van der Waals surface area contributed by atoms with E-state index in [9.17, 15) is 0 Å². The first-order valence-corrected chi connectivity index (χ1v) is 5.57. The minimum Gasteiger partial charge on any atom is -0.409 e. The van der Waals surface area contributed by atoms with Crippen molar-refractivity contribution in [3.63, 3.8) is 0 Å². The Morgan fingerprint density at radius 3 is 2.94 bits per heavy atom. The van der Waals surface area contributed by atoms with E-state index >= 15 is 0 Å². The van der Waals surface area contributed by atoms with Crippen LogP contribution in [0, 0.1) is 6.92 Å². The number of nitrogens with two attached hydrogens (primary N) is 1. The first-order chi connectivity index (χ1) is 8.13. The highest BCUT2D eigenvalue weighted by molar-refractivity contribution is 9.10. The van der Waals surface area contributed by atoms with Gasteiger partial charge in [-0.05, 0) is 35.0 Å². The Kier molecular flexibility index (Phi) is 3.10. The van der Waals surface area contributed by atoms with Crippen molar-refractivity contribution in [2.45, 2.75) is 6.92 Å². The van der Waals surface area contributed by atoms with Gasteiger partial charge in [-0.1, -0.05) is 5.16 Å². The zero-order valence-corrected chi connectivity index (χ0v) is 10.6. The predicted molar refractivity (Wildman–Crippen MR) is 66.3 cm³/mol. The van der Waals surface area contributed by atoms with Crippen LogP contribution in [0.25, 0.3) is 5.82 Å². The third-order valence-electron chi connectivity index (χ3n) is 2.23. The number of pyridine rings is 1. The molecule has 0 aliphatic heterocycles. The van der Waals surface area contributed by atoms with Crippen molar-refractivity contribution in [3.05, 3.63) is 40.5 Å². The zero-order chi connectivity index (χ0) is 12.4. The summed E-state index contributed by atoms with van der Waals surface area (Å²) < 4.78 is 2.57. The molecule has 88 valence electrons. The molecule has 17 heavy (non-hydrogen) atoms. The van der Waals surface area contributed by atoms with Crippen LogP contribution in [0.4, 0.5) is 0 Å². The largest absolute Gasteiger partial charge is 0.409 e. The normalized spacial score (nSPS) is 11.8. The molecule has 0 saturated carbocycles. The van der Waals surface area contributed by atoms with E-state index in [0.29, 0.717) is 11.6 Å². The summed E-state index contributed by atoms with van der Waals surface area (Å²) in [5.41, 5.74) is 6.37. The molecule has 0 aromatic carbocycles. The van der Waals surface area contributed by atoms with Crippen LogP contribution in [0.3, 0.4) is 0 Å². The summed E-state index contributed by atoms with van der Waals surface area (Å²) >= 11 is 3.38. The molecule has 0 spiro atoms. The maximum atomic E-state index is 8.66. The molecule has 7 heteroatoms. The minimum atomic E-state index is -0.0580. The van der Waals surface area contributed by atoms with Crippen LogP contribution in [0.1, 0.15) is 11.5 Å². The van der Waals surface area contributed by atoms with Gasteiger partial charge < -0.3 is 10.9 Å². The van der Waals surface area contributed by atoms with Crippen LogP contribution in [-0.2, 0) is 0 Å². The molecule has 2 heterocycles. The summed E-state index contributed by atoms with van der Waals surface area (Å²) in [5, 5.41) is 11.6. The van der Waals surface area contributed by atoms with Gasteiger partial charge in [0.1, 0.15) is 5.82 Å². The molecule has 0 fully saturated rings. The van der Waals surface area contributed by atoms with E-state index in [1.807, 2.05) is 19.1 Å². The van der Waals surface area contributed by atoms with E-state index in [0.717, 1.165) is 10.2 Å². The summed E-state index contributed by atoms with van der Waals surface area (Å²) in [5.74, 6) is 0.948. The van der Waals surface area contributed by atoms with Crippen LogP contribution in [0.5, 0.6) is 0 Å². The average molecular weight is 296 g/mol. The Hall–Kier alpha value is -1.89. The Morgan fingerprint density at radius 1 is 1.53 bits per heavy atom. The van der Waals surface area contributed by atoms with Gasteiger partial charge in [0.05, 0.1) is 5.69 Å². The van der Waals surface area contributed by atoms with Gasteiger partial charge >= 0.3 is 0 Å². The van der Waals surface area contributed by atoms with Crippen LogP contribution < -0.4 is 5.73 Å². The van der Waals surface area contributed by atoms with Crippen LogP contribution >= 0.6 is 15.9 Å². The Bertz CT molecular complexity index is 578. The standard InChI is InChI=1S/C10H10BrN5O/c1-6-7(11)2-3-8(14-6)16-5-4-13-10(16)9(12)15-17/h2-5,17H,1H3,(H2,12,15). The molecule has 0 amide bonds. The predicted octanol–water partition coefficient (Wildman–Crippen LogP) is 1.43. The van der Waals surface area contributed by atoms with E-state index in [-0.39, 0.29) is 5.84 Å². The number of hydrogen-bond acceptors (Lipinski definition) is 4. The topological polar surface area (TPSA) is 89.3 Å². The lowest BCUT2D eigenvalue weighted by Crippen LogP contribution is -2.19. The van der Waals surface area contributed by atoms with Gasteiger partial charge in [0.15, 0.2) is 5.82 Å². The lowest BCUT2D eigenvalue weighted by molar-refractivity contribution is 0.318. The molecule has 2 aromatic heterocycles. The Morgan fingerprint density at radius 2 is 2.29 bits per heavy atom. The molecule has 6 nitrogen and oxygen atoms in total. The van der Waals surface area contributed by atoms with E-state index < -0.39 is 0 Å². The van der Waals surface area contributed by atoms with Gasteiger partial charge in [-0.25, -0.2) is 9.97 Å². The molecule has 2 aromatic rings. The van der Waals surface area contributed by atoms with Gasteiger partial charge in [0.25, 0.3) is 0 Å². The van der Waals surface area contributed by atoms with Crippen molar-refractivity contribution in [2.24, 2.45) is 10.9 Å². The zero-order valence-electron chi connectivity index (χ0n) is 9.00. The summed E-state index contributed by atoms with van der Waals surface area (Å²) in [4.78, 5) is 8.39. The molecule has 3 N–H and O–H groups in total. The van der Waals surface area contributed by atoms with E-state index in [2.05, 4.69) is 31.1 Å². The first kappa shape index (κ1) is 11.6. The second-order valence-electron chi connectivity index (χ2n) is 3.34. The second-order valence-corrected chi connectivity index (χ2v) is 4.20. The minimum absolute atomic E-state index is 0.0580. The number of aromatic nitrogens is 3. The molecule has 0 aliphatic rings. The van der Waals surface area contributed by atoms with Gasteiger partial charge in [-0.2, -0.15) is 0 Å². The van der Waals surface area contributed by atoms with Crippen molar-refractivity contribution in [3.8, 4) is 5.82 Å². The summed E-state index contributed by atoms with van der Waals surface area (Å²) in [6.07, 6.45) is 3.26. The van der Waals surface area contributed by atoms with Crippen molar-refractivity contribution in [2.75, 3.05) is 0 Å². The van der Waals surface area contributed by atoms with Gasteiger partial charge in [0.2, 0.25) is 5.84 Å².